The topological polar surface area (TPSA) is 57.2 Å². The summed E-state index contributed by atoms with van der Waals surface area (Å²) in [4.78, 5) is 4.18. The van der Waals surface area contributed by atoms with E-state index < -0.39 is 0 Å². The molecule has 0 unspecified atom stereocenters. The number of nitrogens with zero attached hydrogens (tertiary/aromatic N) is 1. The molecule has 0 radical (unpaired) electrons. The molecule has 0 aliphatic heterocycles. The van der Waals surface area contributed by atoms with Crippen molar-refractivity contribution in [3.05, 3.63) is 53.7 Å². The maximum absolute atomic E-state index is 9.66. The van der Waals surface area contributed by atoms with Crippen LogP contribution >= 0.6 is 12.2 Å². The number of anilines is 1. The van der Waals surface area contributed by atoms with Gasteiger partial charge in [0.2, 0.25) is 0 Å². The fourth-order valence-electron chi connectivity index (χ4n) is 1.57. The van der Waals surface area contributed by atoms with Crippen LogP contribution in [0.2, 0.25) is 0 Å². The Morgan fingerprint density at radius 1 is 1.21 bits per heavy atom. The summed E-state index contributed by atoms with van der Waals surface area (Å²) < 4.78 is 0. The molecule has 2 rings (SSSR count). The number of hydrogen-bond donors (Lipinski definition) is 3. The fraction of sp³-hybridized carbons (Fsp3) is 0.143. The van der Waals surface area contributed by atoms with Crippen molar-refractivity contribution in [2.45, 2.75) is 13.5 Å². The largest absolute Gasteiger partial charge is 0.504 e. The van der Waals surface area contributed by atoms with Gasteiger partial charge in [-0.2, -0.15) is 0 Å². The summed E-state index contributed by atoms with van der Waals surface area (Å²) in [6.07, 6.45) is 0. The number of aryl methyl sites for hydroxylation is 1. The minimum Gasteiger partial charge on any atom is -0.504 e. The standard InChI is InChI=1S/C14H15N3OS/c1-10-7-8-12(18)13(16-10)17-14(19)15-9-11-5-3-2-4-6-11/h2-8,18H,9H2,1H3,(H2,15,16,17,19). The van der Waals surface area contributed by atoms with Crippen molar-refractivity contribution in [1.29, 1.82) is 0 Å². The molecule has 1 aromatic heterocycles. The first-order valence-corrected chi connectivity index (χ1v) is 6.31. The molecule has 4 nitrogen and oxygen atoms in total. The lowest BCUT2D eigenvalue weighted by Crippen LogP contribution is -2.28. The average molecular weight is 273 g/mol. The van der Waals surface area contributed by atoms with E-state index in [0.717, 1.165) is 11.3 Å². The summed E-state index contributed by atoms with van der Waals surface area (Å²) >= 11 is 5.16. The predicted molar refractivity (Wildman–Crippen MR) is 80.1 cm³/mol. The van der Waals surface area contributed by atoms with Gasteiger partial charge in [-0.15, -0.1) is 0 Å². The van der Waals surface area contributed by atoms with E-state index in [9.17, 15) is 5.11 Å². The van der Waals surface area contributed by atoms with Crippen molar-refractivity contribution in [3.8, 4) is 5.75 Å². The van der Waals surface area contributed by atoms with Crippen molar-refractivity contribution >= 4 is 23.1 Å². The van der Waals surface area contributed by atoms with Crippen molar-refractivity contribution < 1.29 is 5.11 Å². The Bertz CT molecular complexity index is 572. The van der Waals surface area contributed by atoms with Gasteiger partial charge in [-0.1, -0.05) is 30.3 Å². The summed E-state index contributed by atoms with van der Waals surface area (Å²) in [5.41, 5.74) is 1.94. The maximum Gasteiger partial charge on any atom is 0.174 e. The third-order valence-electron chi connectivity index (χ3n) is 2.54. The molecule has 0 bridgehead atoms. The van der Waals surface area contributed by atoms with Crippen LogP contribution in [0.25, 0.3) is 0 Å². The van der Waals surface area contributed by atoms with Crippen LogP contribution in [-0.2, 0) is 6.54 Å². The lowest BCUT2D eigenvalue weighted by molar-refractivity contribution is 0.475. The first-order chi connectivity index (χ1) is 9.15. The second-order valence-corrected chi connectivity index (χ2v) is 4.52. The van der Waals surface area contributed by atoms with Crippen LogP contribution in [0.15, 0.2) is 42.5 Å². The van der Waals surface area contributed by atoms with Crippen LogP contribution in [0.5, 0.6) is 5.75 Å². The molecule has 0 atom stereocenters. The van der Waals surface area contributed by atoms with Gasteiger partial charge in [-0.3, -0.25) is 0 Å². The zero-order chi connectivity index (χ0) is 13.7. The van der Waals surface area contributed by atoms with Gasteiger partial charge in [-0.25, -0.2) is 4.98 Å². The molecule has 98 valence electrons. The lowest BCUT2D eigenvalue weighted by atomic mass is 10.2. The molecule has 3 N–H and O–H groups in total. The third-order valence-corrected chi connectivity index (χ3v) is 2.79. The molecule has 2 aromatic rings. The van der Waals surface area contributed by atoms with E-state index in [1.54, 1.807) is 12.1 Å². The van der Waals surface area contributed by atoms with E-state index in [-0.39, 0.29) is 5.75 Å². The maximum atomic E-state index is 9.66. The molecule has 0 saturated heterocycles. The van der Waals surface area contributed by atoms with E-state index in [1.165, 1.54) is 0 Å². The van der Waals surface area contributed by atoms with Gasteiger partial charge in [0.1, 0.15) is 0 Å². The van der Waals surface area contributed by atoms with Crippen LogP contribution in [0.1, 0.15) is 11.3 Å². The van der Waals surface area contributed by atoms with Crippen molar-refractivity contribution in [2.75, 3.05) is 5.32 Å². The first kappa shape index (κ1) is 13.3. The van der Waals surface area contributed by atoms with Crippen LogP contribution < -0.4 is 10.6 Å². The van der Waals surface area contributed by atoms with Crippen LogP contribution in [0, 0.1) is 6.92 Å². The molecule has 0 aliphatic rings. The summed E-state index contributed by atoms with van der Waals surface area (Å²) in [7, 11) is 0. The van der Waals surface area contributed by atoms with E-state index in [0.29, 0.717) is 17.5 Å². The summed E-state index contributed by atoms with van der Waals surface area (Å²) in [5.74, 6) is 0.444. The molecule has 0 spiro atoms. The molecule has 19 heavy (non-hydrogen) atoms. The lowest BCUT2D eigenvalue weighted by Gasteiger charge is -2.11. The van der Waals surface area contributed by atoms with Crippen LogP contribution in [0.3, 0.4) is 0 Å². The van der Waals surface area contributed by atoms with Gasteiger partial charge in [-0.05, 0) is 36.8 Å². The van der Waals surface area contributed by atoms with Crippen LogP contribution in [0.4, 0.5) is 5.82 Å². The minimum atomic E-state index is 0.0782. The number of hydrogen-bond acceptors (Lipinski definition) is 3. The number of aromatic hydroxyl groups is 1. The molecular formula is C14H15N3OS. The minimum absolute atomic E-state index is 0.0782. The quantitative estimate of drug-likeness (QED) is 0.750. The molecule has 5 heteroatoms. The molecular weight excluding hydrogens is 258 g/mol. The van der Waals surface area contributed by atoms with E-state index >= 15 is 0 Å². The third kappa shape index (κ3) is 3.93. The zero-order valence-electron chi connectivity index (χ0n) is 10.6. The second kappa shape index (κ2) is 6.15. The predicted octanol–water partition coefficient (Wildman–Crippen LogP) is 2.58. The monoisotopic (exact) mass is 273 g/mol. The van der Waals surface area contributed by atoms with Crippen molar-refractivity contribution in [1.82, 2.24) is 10.3 Å². The van der Waals surface area contributed by atoms with Gasteiger partial charge in [0.15, 0.2) is 16.7 Å². The SMILES string of the molecule is Cc1ccc(O)c(NC(=S)NCc2ccccc2)n1. The molecule has 0 saturated carbocycles. The second-order valence-electron chi connectivity index (χ2n) is 4.11. The number of benzene rings is 1. The first-order valence-electron chi connectivity index (χ1n) is 5.90. The number of thiocarbonyl (C=S) groups is 1. The summed E-state index contributed by atoms with van der Waals surface area (Å²) in [5, 5.41) is 16.0. The summed E-state index contributed by atoms with van der Waals surface area (Å²) in [6.45, 7) is 2.48. The normalized spacial score (nSPS) is 9.95. The Balaban J connectivity index is 1.93. The molecule has 0 aliphatic carbocycles. The number of pyridine rings is 1. The Morgan fingerprint density at radius 3 is 2.68 bits per heavy atom. The Morgan fingerprint density at radius 2 is 1.95 bits per heavy atom. The highest BCUT2D eigenvalue weighted by atomic mass is 32.1. The fourth-order valence-corrected chi connectivity index (χ4v) is 1.74. The highest BCUT2D eigenvalue weighted by molar-refractivity contribution is 7.80. The van der Waals surface area contributed by atoms with Gasteiger partial charge in [0.05, 0.1) is 0 Å². The number of nitrogens with one attached hydrogen (secondary N) is 2. The zero-order valence-corrected chi connectivity index (χ0v) is 11.4. The smallest absolute Gasteiger partial charge is 0.174 e. The molecule has 0 amide bonds. The van der Waals surface area contributed by atoms with Crippen molar-refractivity contribution in [2.24, 2.45) is 0 Å². The highest BCUT2D eigenvalue weighted by Crippen LogP contribution is 2.19. The van der Waals surface area contributed by atoms with Gasteiger partial charge < -0.3 is 15.7 Å². The highest BCUT2D eigenvalue weighted by Gasteiger charge is 2.05. The summed E-state index contributed by atoms with van der Waals surface area (Å²) in [6, 6.07) is 13.3. The van der Waals surface area contributed by atoms with E-state index in [1.807, 2.05) is 37.3 Å². The molecule has 0 fully saturated rings. The van der Waals surface area contributed by atoms with E-state index in [2.05, 4.69) is 15.6 Å². The van der Waals surface area contributed by atoms with Gasteiger partial charge in [0, 0.05) is 12.2 Å². The molecule has 1 heterocycles. The van der Waals surface area contributed by atoms with Gasteiger partial charge in [0.25, 0.3) is 0 Å². The number of rotatable bonds is 3. The number of aromatic nitrogens is 1. The van der Waals surface area contributed by atoms with E-state index in [4.69, 9.17) is 12.2 Å². The van der Waals surface area contributed by atoms with Crippen molar-refractivity contribution in [3.63, 3.8) is 0 Å². The Labute approximate surface area is 117 Å². The Kier molecular flexibility index (Phi) is 4.30. The van der Waals surface area contributed by atoms with Crippen LogP contribution in [-0.4, -0.2) is 15.2 Å². The Hall–Kier alpha value is -2.14. The molecule has 1 aromatic carbocycles. The average Bonchev–Trinajstić information content (AvgIpc) is 2.42. The van der Waals surface area contributed by atoms with Gasteiger partial charge >= 0.3 is 0 Å².